The molecule has 37 heavy (non-hydrogen) atoms. The standard InChI is InChI=1S/C25H13Cl2NO9/c26-15-6-13-19(8-17(15)29)35-20-9-18(30)16(27)7-14(20)25(13)12-5-10(1-2-11(12)24(34)36-25)23(33)37-28-21(31)3-4-22(28)32/h1-2,5-9,29-30H,3-4H2. The summed E-state index contributed by atoms with van der Waals surface area (Å²) in [5.74, 6) is -3.53. The molecule has 0 bridgehead atoms. The Bertz CT molecular complexity index is 1530. The number of hydroxylamine groups is 2. The molecular weight excluding hydrogens is 529 g/mol. The Morgan fingerprint density at radius 1 is 0.865 bits per heavy atom. The van der Waals surface area contributed by atoms with E-state index in [2.05, 4.69) is 0 Å². The maximum Gasteiger partial charge on any atom is 0.363 e. The Morgan fingerprint density at radius 3 is 2.00 bits per heavy atom. The zero-order valence-corrected chi connectivity index (χ0v) is 19.9. The van der Waals surface area contributed by atoms with Gasteiger partial charge < -0.3 is 24.5 Å². The zero-order valence-electron chi connectivity index (χ0n) is 18.4. The number of carbonyl (C=O) groups excluding carboxylic acids is 4. The number of carbonyl (C=O) groups is 4. The second-order valence-corrected chi connectivity index (χ2v) is 9.31. The fourth-order valence-electron chi connectivity index (χ4n) is 4.65. The second kappa shape index (κ2) is 7.86. The van der Waals surface area contributed by atoms with E-state index in [0.717, 1.165) is 0 Å². The molecule has 0 unspecified atom stereocenters. The van der Waals surface area contributed by atoms with Gasteiger partial charge in [0.25, 0.3) is 11.8 Å². The van der Waals surface area contributed by atoms with E-state index >= 15 is 0 Å². The molecule has 1 saturated heterocycles. The normalized spacial score (nSPS) is 16.7. The van der Waals surface area contributed by atoms with Crippen LogP contribution in [0, 0.1) is 0 Å². The summed E-state index contributed by atoms with van der Waals surface area (Å²) < 4.78 is 11.8. The summed E-state index contributed by atoms with van der Waals surface area (Å²) in [4.78, 5) is 54.8. The maximum absolute atomic E-state index is 13.1. The molecule has 1 fully saturated rings. The Morgan fingerprint density at radius 2 is 1.43 bits per heavy atom. The van der Waals surface area contributed by atoms with E-state index in [9.17, 15) is 29.4 Å². The number of esters is 1. The van der Waals surface area contributed by atoms with Crippen molar-refractivity contribution in [1.29, 1.82) is 0 Å². The SMILES string of the molecule is O=C(ON1C(=O)CCC1=O)c1ccc2c(c1)C1(OC2=O)c2cc(Cl)c(O)cc2Oc2cc(O)c(Cl)cc21. The topological polar surface area (TPSA) is 140 Å². The van der Waals surface area contributed by atoms with Crippen LogP contribution < -0.4 is 4.74 Å². The van der Waals surface area contributed by atoms with Gasteiger partial charge >= 0.3 is 11.9 Å². The number of nitrogens with zero attached hydrogens (tertiary/aromatic N) is 1. The number of hydrogen-bond acceptors (Lipinski definition) is 9. The molecule has 2 N–H and O–H groups in total. The van der Waals surface area contributed by atoms with Crippen LogP contribution in [0.2, 0.25) is 10.0 Å². The van der Waals surface area contributed by atoms with Gasteiger partial charge in [-0.1, -0.05) is 23.2 Å². The number of phenols is 2. The molecule has 3 aromatic carbocycles. The monoisotopic (exact) mass is 541 g/mol. The lowest BCUT2D eigenvalue weighted by Gasteiger charge is -2.37. The lowest BCUT2D eigenvalue weighted by molar-refractivity contribution is -0.172. The highest BCUT2D eigenvalue weighted by atomic mass is 35.5. The van der Waals surface area contributed by atoms with Crippen molar-refractivity contribution < 1.29 is 43.7 Å². The molecule has 6 rings (SSSR count). The van der Waals surface area contributed by atoms with Crippen LogP contribution in [0.25, 0.3) is 0 Å². The average molecular weight is 542 g/mol. The summed E-state index contributed by atoms with van der Waals surface area (Å²) in [5.41, 5.74) is -1.13. The van der Waals surface area contributed by atoms with E-state index in [1.807, 2.05) is 0 Å². The molecule has 2 amide bonds. The molecule has 0 radical (unpaired) electrons. The van der Waals surface area contributed by atoms with Gasteiger partial charge in [0.15, 0.2) is 5.60 Å². The van der Waals surface area contributed by atoms with Gasteiger partial charge in [0.1, 0.15) is 23.0 Å². The molecule has 1 spiro atoms. The molecule has 10 nitrogen and oxygen atoms in total. The highest BCUT2D eigenvalue weighted by Gasteiger charge is 2.54. The molecular formula is C25H13Cl2NO9. The smallest absolute Gasteiger partial charge is 0.363 e. The van der Waals surface area contributed by atoms with Gasteiger partial charge in [-0.25, -0.2) is 9.59 Å². The molecule has 3 aromatic rings. The fraction of sp³-hybridized carbons (Fsp3) is 0.120. The molecule has 3 aliphatic heterocycles. The summed E-state index contributed by atoms with van der Waals surface area (Å²) in [6, 6.07) is 9.12. The lowest BCUT2D eigenvalue weighted by atomic mass is 9.77. The number of halogens is 2. The van der Waals surface area contributed by atoms with Crippen LogP contribution in [0.5, 0.6) is 23.0 Å². The number of ether oxygens (including phenoxy) is 2. The lowest BCUT2D eigenvalue weighted by Crippen LogP contribution is -2.34. The Kier molecular flexibility index (Phi) is 4.91. The first-order chi connectivity index (χ1) is 17.6. The average Bonchev–Trinajstić information content (AvgIpc) is 3.33. The van der Waals surface area contributed by atoms with E-state index in [-0.39, 0.29) is 73.7 Å². The summed E-state index contributed by atoms with van der Waals surface area (Å²) in [7, 11) is 0. The number of rotatable bonds is 2. The van der Waals surface area contributed by atoms with Crippen molar-refractivity contribution in [2.75, 3.05) is 0 Å². The van der Waals surface area contributed by atoms with E-state index in [1.165, 1.54) is 42.5 Å². The van der Waals surface area contributed by atoms with Gasteiger partial charge in [-0.3, -0.25) is 9.59 Å². The first-order valence-corrected chi connectivity index (χ1v) is 11.6. The van der Waals surface area contributed by atoms with Crippen molar-refractivity contribution in [2.45, 2.75) is 18.4 Å². The quantitative estimate of drug-likeness (QED) is 0.360. The minimum Gasteiger partial charge on any atom is -0.506 e. The van der Waals surface area contributed by atoms with Crippen molar-refractivity contribution in [3.05, 3.63) is 80.3 Å². The third-order valence-electron chi connectivity index (χ3n) is 6.36. The first-order valence-electron chi connectivity index (χ1n) is 10.8. The molecule has 0 aliphatic carbocycles. The van der Waals surface area contributed by atoms with Gasteiger partial charge in [0.05, 0.1) is 21.2 Å². The summed E-state index contributed by atoms with van der Waals surface area (Å²) >= 11 is 12.4. The van der Waals surface area contributed by atoms with Crippen LogP contribution in [0.1, 0.15) is 50.2 Å². The van der Waals surface area contributed by atoms with Gasteiger partial charge in [-0.2, -0.15) is 0 Å². The van der Waals surface area contributed by atoms with Crippen molar-refractivity contribution >= 4 is 47.0 Å². The van der Waals surface area contributed by atoms with E-state index in [4.69, 9.17) is 37.5 Å². The van der Waals surface area contributed by atoms with Crippen molar-refractivity contribution in [3.63, 3.8) is 0 Å². The largest absolute Gasteiger partial charge is 0.506 e. The number of amides is 2. The number of benzene rings is 3. The summed E-state index contributed by atoms with van der Waals surface area (Å²) in [6.07, 6.45) is -0.146. The van der Waals surface area contributed by atoms with E-state index < -0.39 is 29.4 Å². The van der Waals surface area contributed by atoms with Crippen molar-refractivity contribution in [3.8, 4) is 23.0 Å². The van der Waals surface area contributed by atoms with E-state index in [0.29, 0.717) is 5.06 Å². The van der Waals surface area contributed by atoms with Crippen LogP contribution in [0.3, 0.4) is 0 Å². The van der Waals surface area contributed by atoms with Gasteiger partial charge in [0.2, 0.25) is 0 Å². The van der Waals surface area contributed by atoms with Crippen LogP contribution in [-0.4, -0.2) is 39.0 Å². The van der Waals surface area contributed by atoms with Crippen LogP contribution in [0.15, 0.2) is 42.5 Å². The van der Waals surface area contributed by atoms with Crippen LogP contribution in [-0.2, 0) is 24.8 Å². The third-order valence-corrected chi connectivity index (χ3v) is 6.96. The molecule has 0 aromatic heterocycles. The first kappa shape index (κ1) is 23.1. The van der Waals surface area contributed by atoms with Gasteiger partial charge in [0, 0.05) is 41.7 Å². The van der Waals surface area contributed by atoms with Crippen molar-refractivity contribution in [1.82, 2.24) is 5.06 Å². The van der Waals surface area contributed by atoms with E-state index in [1.54, 1.807) is 0 Å². The zero-order chi connectivity index (χ0) is 26.2. The molecule has 3 heterocycles. The molecule has 0 atom stereocenters. The molecule has 0 saturated carbocycles. The van der Waals surface area contributed by atoms with Gasteiger partial charge in [-0.05, 0) is 30.3 Å². The summed E-state index contributed by atoms with van der Waals surface area (Å²) in [6.45, 7) is 0. The fourth-order valence-corrected chi connectivity index (χ4v) is 4.98. The minimum absolute atomic E-state index is 0.0676. The molecule has 12 heteroatoms. The Labute approximate surface area is 217 Å². The highest BCUT2D eigenvalue weighted by molar-refractivity contribution is 6.32. The predicted molar refractivity (Wildman–Crippen MR) is 125 cm³/mol. The summed E-state index contributed by atoms with van der Waals surface area (Å²) in [5, 5.41) is 20.6. The number of phenolic OH excluding ortho intramolecular Hbond substituents is 2. The Hall–Kier alpha value is -4.28. The molecule has 3 aliphatic rings. The predicted octanol–water partition coefficient (Wildman–Crippen LogP) is 4.19. The highest BCUT2D eigenvalue weighted by Crippen LogP contribution is 2.58. The minimum atomic E-state index is -1.75. The van der Waals surface area contributed by atoms with Crippen LogP contribution in [0.4, 0.5) is 0 Å². The Balaban J connectivity index is 1.56. The van der Waals surface area contributed by atoms with Crippen LogP contribution >= 0.6 is 23.2 Å². The number of hydrogen-bond donors (Lipinski definition) is 2. The number of fused-ring (bicyclic) bond motifs is 6. The second-order valence-electron chi connectivity index (χ2n) is 8.49. The maximum atomic E-state index is 13.1. The van der Waals surface area contributed by atoms with Crippen molar-refractivity contribution in [2.24, 2.45) is 0 Å². The molecule has 186 valence electrons. The third kappa shape index (κ3) is 3.26. The van der Waals surface area contributed by atoms with Gasteiger partial charge in [-0.15, -0.1) is 5.06 Å². The number of aromatic hydroxyl groups is 2. The number of imide groups is 1.